The van der Waals surface area contributed by atoms with E-state index < -0.39 is 0 Å². The van der Waals surface area contributed by atoms with Gasteiger partial charge in [0.05, 0.1) is 0 Å². The number of hydrogen-bond acceptors (Lipinski definition) is 3. The summed E-state index contributed by atoms with van der Waals surface area (Å²) in [5.74, 6) is 0.968. The second-order valence-corrected chi connectivity index (χ2v) is 3.53. The molecule has 82 valence electrons. The molecule has 15 heavy (non-hydrogen) atoms. The average Bonchev–Trinajstić information content (AvgIpc) is 2.26. The van der Waals surface area contributed by atoms with Gasteiger partial charge in [0, 0.05) is 30.9 Å². The van der Waals surface area contributed by atoms with Crippen molar-refractivity contribution in [1.29, 1.82) is 0 Å². The van der Waals surface area contributed by atoms with Gasteiger partial charge in [-0.2, -0.15) is 0 Å². The summed E-state index contributed by atoms with van der Waals surface area (Å²) in [5, 5.41) is 0. The lowest BCUT2D eigenvalue weighted by Crippen LogP contribution is -2.26. The van der Waals surface area contributed by atoms with Gasteiger partial charge in [-0.25, -0.2) is 4.98 Å². The van der Waals surface area contributed by atoms with Gasteiger partial charge in [-0.05, 0) is 19.9 Å². The summed E-state index contributed by atoms with van der Waals surface area (Å²) in [6.07, 6.45) is 3.68. The van der Waals surface area contributed by atoms with E-state index in [4.69, 9.17) is 5.73 Å². The molecule has 0 aliphatic rings. The quantitative estimate of drug-likeness (QED) is 0.749. The van der Waals surface area contributed by atoms with Crippen LogP contribution in [-0.4, -0.2) is 18.1 Å². The zero-order valence-corrected chi connectivity index (χ0v) is 9.48. The molecule has 0 aliphatic heterocycles. The summed E-state index contributed by atoms with van der Waals surface area (Å²) in [7, 11) is 0. The first-order valence-electron chi connectivity index (χ1n) is 5.27. The number of anilines is 1. The van der Waals surface area contributed by atoms with Crippen LogP contribution in [0.3, 0.4) is 0 Å². The Morgan fingerprint density at radius 3 is 2.93 bits per heavy atom. The predicted molar refractivity (Wildman–Crippen MR) is 64.9 cm³/mol. The summed E-state index contributed by atoms with van der Waals surface area (Å²) >= 11 is 0. The van der Waals surface area contributed by atoms with Gasteiger partial charge in [-0.15, -0.1) is 6.58 Å². The highest BCUT2D eigenvalue weighted by Gasteiger charge is 2.11. The van der Waals surface area contributed by atoms with E-state index in [9.17, 15) is 0 Å². The Balaban J connectivity index is 3.04. The zero-order chi connectivity index (χ0) is 11.3. The van der Waals surface area contributed by atoms with Gasteiger partial charge in [0.15, 0.2) is 0 Å². The summed E-state index contributed by atoms with van der Waals surface area (Å²) < 4.78 is 0. The van der Waals surface area contributed by atoms with Gasteiger partial charge in [0.2, 0.25) is 0 Å². The number of nitrogens with zero attached hydrogens (tertiary/aromatic N) is 2. The normalized spacial score (nSPS) is 12.2. The van der Waals surface area contributed by atoms with E-state index in [-0.39, 0.29) is 6.04 Å². The van der Waals surface area contributed by atoms with Crippen molar-refractivity contribution in [2.45, 2.75) is 19.9 Å². The molecule has 0 fully saturated rings. The van der Waals surface area contributed by atoms with E-state index in [1.165, 1.54) is 0 Å². The van der Waals surface area contributed by atoms with E-state index in [1.807, 2.05) is 25.1 Å². The van der Waals surface area contributed by atoms with Crippen LogP contribution >= 0.6 is 0 Å². The van der Waals surface area contributed by atoms with Gasteiger partial charge < -0.3 is 10.6 Å². The Labute approximate surface area is 91.6 Å². The van der Waals surface area contributed by atoms with Crippen LogP contribution in [0.1, 0.15) is 25.5 Å². The highest BCUT2D eigenvalue weighted by Crippen LogP contribution is 2.21. The Bertz CT molecular complexity index is 320. The number of aromatic nitrogens is 1. The molecular weight excluding hydrogens is 186 g/mol. The van der Waals surface area contributed by atoms with Gasteiger partial charge >= 0.3 is 0 Å². The molecule has 3 heteroatoms. The number of rotatable bonds is 5. The molecule has 0 aromatic carbocycles. The monoisotopic (exact) mass is 205 g/mol. The standard InChI is InChI=1S/C12H19N3/c1-4-9-15(5-2)12-11(10(3)13)7-6-8-14-12/h4,6-8,10H,1,5,9,13H2,2-3H3/t10-/m0/s1. The number of nitrogens with two attached hydrogens (primary N) is 1. The van der Waals surface area contributed by atoms with Crippen molar-refractivity contribution < 1.29 is 0 Å². The van der Waals surface area contributed by atoms with Crippen LogP contribution in [-0.2, 0) is 0 Å². The van der Waals surface area contributed by atoms with Gasteiger partial charge in [0.25, 0.3) is 0 Å². The third-order valence-electron chi connectivity index (χ3n) is 2.34. The topological polar surface area (TPSA) is 42.2 Å². The molecule has 0 aliphatic carbocycles. The molecule has 0 spiro atoms. The molecule has 0 amide bonds. The van der Waals surface area contributed by atoms with Crippen molar-refractivity contribution in [3.05, 3.63) is 36.5 Å². The highest BCUT2D eigenvalue weighted by molar-refractivity contribution is 5.48. The fraction of sp³-hybridized carbons (Fsp3) is 0.417. The third-order valence-corrected chi connectivity index (χ3v) is 2.34. The van der Waals surface area contributed by atoms with Crippen LogP contribution in [0.5, 0.6) is 0 Å². The summed E-state index contributed by atoms with van der Waals surface area (Å²) in [6.45, 7) is 9.53. The molecule has 0 unspecified atom stereocenters. The summed E-state index contributed by atoms with van der Waals surface area (Å²) in [4.78, 5) is 6.55. The van der Waals surface area contributed by atoms with Gasteiger partial charge in [-0.3, -0.25) is 0 Å². The van der Waals surface area contributed by atoms with E-state index in [2.05, 4.69) is 23.4 Å². The molecule has 2 N–H and O–H groups in total. The van der Waals surface area contributed by atoms with E-state index in [1.54, 1.807) is 6.20 Å². The fourth-order valence-corrected chi connectivity index (χ4v) is 1.55. The van der Waals surface area contributed by atoms with Crippen LogP contribution in [0.15, 0.2) is 31.0 Å². The largest absolute Gasteiger partial charge is 0.353 e. The number of hydrogen-bond donors (Lipinski definition) is 1. The lowest BCUT2D eigenvalue weighted by molar-refractivity contribution is 0.785. The Kier molecular flexibility index (Phi) is 4.31. The molecule has 1 heterocycles. The first-order valence-corrected chi connectivity index (χ1v) is 5.27. The van der Waals surface area contributed by atoms with Crippen molar-refractivity contribution in [3.8, 4) is 0 Å². The lowest BCUT2D eigenvalue weighted by atomic mass is 10.1. The Hall–Kier alpha value is -1.35. The van der Waals surface area contributed by atoms with E-state index >= 15 is 0 Å². The van der Waals surface area contributed by atoms with Crippen molar-refractivity contribution in [1.82, 2.24) is 4.98 Å². The second kappa shape index (κ2) is 5.51. The molecule has 0 saturated heterocycles. The molecule has 1 aromatic rings. The highest BCUT2D eigenvalue weighted by atomic mass is 15.2. The number of likely N-dealkylation sites (N-methyl/N-ethyl adjacent to an activating group) is 1. The van der Waals surface area contributed by atoms with Crippen LogP contribution < -0.4 is 10.6 Å². The predicted octanol–water partition coefficient (Wildman–Crippen LogP) is 2.11. The van der Waals surface area contributed by atoms with Crippen LogP contribution in [0.4, 0.5) is 5.82 Å². The summed E-state index contributed by atoms with van der Waals surface area (Å²) in [6, 6.07) is 3.95. The minimum Gasteiger partial charge on any atom is -0.353 e. The first kappa shape index (κ1) is 11.7. The molecule has 1 rings (SSSR count). The molecule has 0 radical (unpaired) electrons. The Morgan fingerprint density at radius 2 is 2.40 bits per heavy atom. The van der Waals surface area contributed by atoms with Crippen molar-refractivity contribution in [3.63, 3.8) is 0 Å². The maximum atomic E-state index is 5.91. The van der Waals surface area contributed by atoms with Crippen molar-refractivity contribution >= 4 is 5.82 Å². The maximum Gasteiger partial charge on any atom is 0.133 e. The van der Waals surface area contributed by atoms with Crippen LogP contribution in [0, 0.1) is 0 Å². The van der Waals surface area contributed by atoms with Crippen LogP contribution in [0.25, 0.3) is 0 Å². The van der Waals surface area contributed by atoms with Gasteiger partial charge in [0.1, 0.15) is 5.82 Å². The second-order valence-electron chi connectivity index (χ2n) is 3.53. The molecule has 0 saturated carbocycles. The average molecular weight is 205 g/mol. The first-order chi connectivity index (χ1) is 7.20. The fourth-order valence-electron chi connectivity index (χ4n) is 1.55. The number of pyridine rings is 1. The van der Waals surface area contributed by atoms with Crippen LogP contribution in [0.2, 0.25) is 0 Å². The minimum absolute atomic E-state index is 0.00700. The molecule has 1 aromatic heterocycles. The molecule has 3 nitrogen and oxygen atoms in total. The summed E-state index contributed by atoms with van der Waals surface area (Å²) in [5.41, 5.74) is 7.00. The van der Waals surface area contributed by atoms with Crippen molar-refractivity contribution in [2.75, 3.05) is 18.0 Å². The Morgan fingerprint density at radius 1 is 1.67 bits per heavy atom. The van der Waals surface area contributed by atoms with E-state index in [0.717, 1.165) is 24.5 Å². The lowest BCUT2D eigenvalue weighted by Gasteiger charge is -2.24. The third kappa shape index (κ3) is 2.80. The zero-order valence-electron chi connectivity index (χ0n) is 9.48. The van der Waals surface area contributed by atoms with E-state index in [0.29, 0.717) is 0 Å². The molecule has 1 atom stereocenters. The van der Waals surface area contributed by atoms with Crippen molar-refractivity contribution in [2.24, 2.45) is 5.73 Å². The minimum atomic E-state index is 0.00700. The smallest absolute Gasteiger partial charge is 0.133 e. The van der Waals surface area contributed by atoms with Gasteiger partial charge in [-0.1, -0.05) is 12.1 Å². The maximum absolute atomic E-state index is 5.91. The molecule has 0 bridgehead atoms. The molecular formula is C12H19N3. The SMILES string of the molecule is C=CCN(CC)c1ncccc1[C@H](C)N.